The van der Waals surface area contributed by atoms with E-state index in [4.69, 9.17) is 15.9 Å². The lowest BCUT2D eigenvalue weighted by molar-refractivity contribution is 0.330. The third kappa shape index (κ3) is 1.65. The first-order chi connectivity index (χ1) is 5.80. The van der Waals surface area contributed by atoms with Crippen LogP contribution in [0.5, 0.6) is 11.5 Å². The van der Waals surface area contributed by atoms with Crippen LogP contribution < -0.4 is 15.5 Å². The van der Waals surface area contributed by atoms with E-state index in [2.05, 4.69) is 4.84 Å². The van der Waals surface area contributed by atoms with Gasteiger partial charge in [0.2, 0.25) is 0 Å². The molecule has 0 saturated heterocycles. The molecule has 0 aliphatic rings. The van der Waals surface area contributed by atoms with Crippen molar-refractivity contribution in [3.05, 3.63) is 23.8 Å². The summed E-state index contributed by atoms with van der Waals surface area (Å²) in [6, 6.07) is 6.69. The van der Waals surface area contributed by atoms with Crippen molar-refractivity contribution in [3.8, 4) is 17.6 Å². The van der Waals surface area contributed by atoms with Crippen LogP contribution in [0.25, 0.3) is 0 Å². The summed E-state index contributed by atoms with van der Waals surface area (Å²) in [4.78, 5) is 4.47. The zero-order valence-corrected chi connectivity index (χ0v) is 6.57. The second-order valence-electron chi connectivity index (χ2n) is 2.13. The highest BCUT2D eigenvalue weighted by molar-refractivity contribution is 5.43. The predicted octanol–water partition coefficient (Wildman–Crippen LogP) is 0.819. The lowest BCUT2D eigenvalue weighted by atomic mass is 10.2. The van der Waals surface area contributed by atoms with Crippen LogP contribution >= 0.6 is 0 Å². The Morgan fingerprint density at radius 2 is 2.00 bits per heavy atom. The Hall–Kier alpha value is -1.73. The van der Waals surface area contributed by atoms with Gasteiger partial charge in [0.15, 0.2) is 5.75 Å². The van der Waals surface area contributed by atoms with E-state index in [0.717, 1.165) is 0 Å². The number of nitrogens with two attached hydrogens (primary N) is 1. The fraction of sp³-hybridized carbons (Fsp3) is 0.125. The highest BCUT2D eigenvalue weighted by Crippen LogP contribution is 2.21. The van der Waals surface area contributed by atoms with Gasteiger partial charge in [-0.15, -0.1) is 0 Å². The summed E-state index contributed by atoms with van der Waals surface area (Å²) in [5, 5.41) is 8.58. The molecule has 0 amide bonds. The van der Waals surface area contributed by atoms with Crippen LogP contribution in [0.2, 0.25) is 0 Å². The number of nitriles is 1. The summed E-state index contributed by atoms with van der Waals surface area (Å²) in [6.07, 6.45) is 0. The number of rotatable bonds is 2. The maximum atomic E-state index is 8.58. The van der Waals surface area contributed by atoms with Gasteiger partial charge in [0.25, 0.3) is 0 Å². The molecule has 1 rings (SSSR count). The van der Waals surface area contributed by atoms with Gasteiger partial charge in [0.05, 0.1) is 18.7 Å². The van der Waals surface area contributed by atoms with Gasteiger partial charge in [-0.05, 0) is 6.07 Å². The first-order valence-electron chi connectivity index (χ1n) is 3.26. The molecule has 1 aromatic carbocycles. The topological polar surface area (TPSA) is 68.3 Å². The summed E-state index contributed by atoms with van der Waals surface area (Å²) in [5.74, 6) is 5.89. The largest absolute Gasteiger partial charge is 0.497 e. The lowest BCUT2D eigenvalue weighted by Crippen LogP contribution is -2.02. The molecule has 4 nitrogen and oxygen atoms in total. The number of benzene rings is 1. The van der Waals surface area contributed by atoms with E-state index in [-0.39, 0.29) is 0 Å². The van der Waals surface area contributed by atoms with Crippen LogP contribution in [0.3, 0.4) is 0 Å². The van der Waals surface area contributed by atoms with Gasteiger partial charge >= 0.3 is 0 Å². The molecule has 0 bridgehead atoms. The fourth-order valence-electron chi connectivity index (χ4n) is 0.822. The number of methoxy groups -OCH3 is 1. The quantitative estimate of drug-likeness (QED) is 0.657. The zero-order chi connectivity index (χ0) is 8.97. The zero-order valence-electron chi connectivity index (χ0n) is 6.57. The fourth-order valence-corrected chi connectivity index (χ4v) is 0.822. The summed E-state index contributed by atoms with van der Waals surface area (Å²) >= 11 is 0. The molecule has 62 valence electrons. The predicted molar refractivity (Wildman–Crippen MR) is 42.5 cm³/mol. The minimum absolute atomic E-state index is 0.408. The third-order valence-electron chi connectivity index (χ3n) is 1.38. The van der Waals surface area contributed by atoms with E-state index in [1.807, 2.05) is 6.07 Å². The van der Waals surface area contributed by atoms with E-state index >= 15 is 0 Å². The van der Waals surface area contributed by atoms with Crippen molar-refractivity contribution in [2.75, 3.05) is 7.11 Å². The summed E-state index contributed by atoms with van der Waals surface area (Å²) in [6.45, 7) is 0. The molecule has 0 fully saturated rings. The van der Waals surface area contributed by atoms with Crippen molar-refractivity contribution >= 4 is 0 Å². The van der Waals surface area contributed by atoms with Gasteiger partial charge in [-0.2, -0.15) is 11.2 Å². The molecule has 0 spiro atoms. The lowest BCUT2D eigenvalue weighted by Gasteiger charge is -2.02. The molecular formula is C8H8N2O2. The van der Waals surface area contributed by atoms with Crippen LogP contribution in [0.15, 0.2) is 18.2 Å². The molecule has 0 saturated carbocycles. The Morgan fingerprint density at radius 3 is 2.50 bits per heavy atom. The smallest absolute Gasteiger partial charge is 0.151 e. The highest BCUT2D eigenvalue weighted by atomic mass is 16.6. The van der Waals surface area contributed by atoms with Gasteiger partial charge in [0, 0.05) is 12.1 Å². The van der Waals surface area contributed by atoms with E-state index in [0.29, 0.717) is 17.1 Å². The van der Waals surface area contributed by atoms with Crippen molar-refractivity contribution < 1.29 is 9.57 Å². The normalized spacial score (nSPS) is 8.75. The number of ether oxygens (including phenoxy) is 1. The van der Waals surface area contributed by atoms with Crippen LogP contribution in [0.1, 0.15) is 5.56 Å². The summed E-state index contributed by atoms with van der Waals surface area (Å²) in [5.41, 5.74) is 0.454. The average Bonchev–Trinajstić information content (AvgIpc) is 2.16. The number of nitrogens with zero attached hydrogens (tertiary/aromatic N) is 1. The standard InChI is InChI=1S/C8H8N2O2/c1-11-7-2-6(5-9)3-8(4-7)12-10/h2-4H,10H2,1H3. The van der Waals surface area contributed by atoms with E-state index in [1.165, 1.54) is 13.2 Å². The van der Waals surface area contributed by atoms with E-state index in [9.17, 15) is 0 Å². The van der Waals surface area contributed by atoms with Gasteiger partial charge < -0.3 is 9.57 Å². The number of hydrogen-bond donors (Lipinski definition) is 1. The first-order valence-corrected chi connectivity index (χ1v) is 3.26. The molecule has 1 aromatic rings. The second kappa shape index (κ2) is 3.60. The molecule has 0 aliphatic heterocycles. The maximum absolute atomic E-state index is 8.58. The number of hydrogen-bond acceptors (Lipinski definition) is 4. The minimum atomic E-state index is 0.408. The highest BCUT2D eigenvalue weighted by Gasteiger charge is 2.00. The molecule has 0 heterocycles. The van der Waals surface area contributed by atoms with Crippen LogP contribution in [-0.4, -0.2) is 7.11 Å². The summed E-state index contributed by atoms with van der Waals surface area (Å²) < 4.78 is 4.91. The van der Waals surface area contributed by atoms with E-state index in [1.54, 1.807) is 12.1 Å². The van der Waals surface area contributed by atoms with Gasteiger partial charge in [-0.1, -0.05) is 0 Å². The van der Waals surface area contributed by atoms with Crippen LogP contribution in [-0.2, 0) is 0 Å². The second-order valence-corrected chi connectivity index (χ2v) is 2.13. The molecule has 0 radical (unpaired) electrons. The Kier molecular flexibility index (Phi) is 2.51. The molecular weight excluding hydrogens is 156 g/mol. The van der Waals surface area contributed by atoms with Gasteiger partial charge in [-0.3, -0.25) is 0 Å². The Bertz CT molecular complexity index is 295. The van der Waals surface area contributed by atoms with Crippen LogP contribution in [0, 0.1) is 11.3 Å². The van der Waals surface area contributed by atoms with Gasteiger partial charge in [-0.25, -0.2) is 0 Å². The monoisotopic (exact) mass is 164 g/mol. The summed E-state index contributed by atoms with van der Waals surface area (Å²) in [7, 11) is 1.51. The van der Waals surface area contributed by atoms with Gasteiger partial charge in [0.1, 0.15) is 5.75 Å². The average molecular weight is 164 g/mol. The SMILES string of the molecule is COc1cc(C#N)cc(ON)c1. The van der Waals surface area contributed by atoms with Crippen molar-refractivity contribution in [1.29, 1.82) is 5.26 Å². The van der Waals surface area contributed by atoms with Crippen molar-refractivity contribution in [1.82, 2.24) is 0 Å². The van der Waals surface area contributed by atoms with E-state index < -0.39 is 0 Å². The molecule has 12 heavy (non-hydrogen) atoms. The minimum Gasteiger partial charge on any atom is -0.497 e. The molecule has 4 heteroatoms. The molecule has 0 aromatic heterocycles. The molecule has 2 N–H and O–H groups in total. The van der Waals surface area contributed by atoms with Crippen molar-refractivity contribution in [2.24, 2.45) is 5.90 Å². The maximum Gasteiger partial charge on any atom is 0.151 e. The molecule has 0 atom stereocenters. The first kappa shape index (κ1) is 8.37. The van der Waals surface area contributed by atoms with Crippen molar-refractivity contribution in [2.45, 2.75) is 0 Å². The Balaban J connectivity index is 3.12. The van der Waals surface area contributed by atoms with Crippen molar-refractivity contribution in [3.63, 3.8) is 0 Å². The molecule has 0 unspecified atom stereocenters. The van der Waals surface area contributed by atoms with Crippen LogP contribution in [0.4, 0.5) is 0 Å². The Labute approximate surface area is 70.1 Å². The third-order valence-corrected chi connectivity index (χ3v) is 1.38. The molecule has 0 aliphatic carbocycles. The Morgan fingerprint density at radius 1 is 1.33 bits per heavy atom.